The molecule has 4 N–H and O–H groups in total. The first-order valence-corrected chi connectivity index (χ1v) is 15.8. The molecule has 8 rings (SSSR count). The van der Waals surface area contributed by atoms with E-state index in [9.17, 15) is 29.7 Å². The number of rotatable bonds is 5. The predicted octanol–water partition coefficient (Wildman–Crippen LogP) is 1.42. The van der Waals surface area contributed by atoms with Crippen molar-refractivity contribution < 1.29 is 58.1 Å². The van der Waals surface area contributed by atoms with Crippen LogP contribution >= 0.6 is 0 Å². The van der Waals surface area contributed by atoms with E-state index in [4.69, 9.17) is 28.4 Å². The number of likely N-dealkylation sites (N-methyl/N-ethyl adjacent to an activating group) is 1. The van der Waals surface area contributed by atoms with Crippen LogP contribution in [-0.4, -0.2) is 96.8 Å². The highest BCUT2D eigenvalue weighted by molar-refractivity contribution is 6.20. The van der Waals surface area contributed by atoms with Gasteiger partial charge in [-0.3, -0.25) is 9.59 Å². The van der Waals surface area contributed by atoms with Gasteiger partial charge in [-0.1, -0.05) is 18.2 Å². The zero-order valence-electron chi connectivity index (χ0n) is 26.5. The average molecular weight is 662 g/mol. The number of nitrogens with one attached hydrogen (secondary N) is 1. The third-order valence-electron chi connectivity index (χ3n) is 10.9. The highest BCUT2D eigenvalue weighted by Gasteiger charge is 2.69. The number of hydrogen-bond donors (Lipinski definition) is 4. The third kappa shape index (κ3) is 4.03. The molecular formula is C35H35NO12. The van der Waals surface area contributed by atoms with Crippen molar-refractivity contribution in [2.45, 2.75) is 79.7 Å². The number of carbonyl (C=O) groups excluding carboxylic acids is 3. The maximum absolute atomic E-state index is 14.3. The van der Waals surface area contributed by atoms with E-state index < -0.39 is 83.8 Å². The topological polar surface area (TPSA) is 179 Å². The molecule has 0 saturated carbocycles. The summed E-state index contributed by atoms with van der Waals surface area (Å²) >= 11 is 0. The molecule has 48 heavy (non-hydrogen) atoms. The van der Waals surface area contributed by atoms with Crippen molar-refractivity contribution in [1.29, 1.82) is 0 Å². The molecule has 3 fully saturated rings. The zero-order chi connectivity index (χ0) is 33.9. The molecule has 3 aliphatic heterocycles. The van der Waals surface area contributed by atoms with E-state index >= 15 is 0 Å². The van der Waals surface area contributed by atoms with Crippen LogP contribution in [0.1, 0.15) is 57.9 Å². The van der Waals surface area contributed by atoms with Crippen molar-refractivity contribution in [3.63, 3.8) is 0 Å². The summed E-state index contributed by atoms with van der Waals surface area (Å²) in [4.78, 5) is 40.5. The number of aryl methyl sites for hydroxylation is 1. The summed E-state index contributed by atoms with van der Waals surface area (Å²) in [6.45, 7) is 3.31. The number of benzene rings is 2. The normalized spacial score (nSPS) is 38.7. The van der Waals surface area contributed by atoms with Crippen LogP contribution in [0.15, 0.2) is 36.4 Å². The van der Waals surface area contributed by atoms with E-state index in [0.717, 1.165) is 5.56 Å². The Bertz CT molecular complexity index is 1820. The number of allylic oxidation sites excluding steroid dienone is 1. The Morgan fingerprint density at radius 2 is 1.77 bits per heavy atom. The number of cyclic esters (lactones) is 2. The largest absolute Gasteiger partial charge is 0.508 e. The van der Waals surface area contributed by atoms with Crippen LogP contribution in [0.4, 0.5) is 4.79 Å². The summed E-state index contributed by atoms with van der Waals surface area (Å²) in [6.07, 6.45) is -1.95. The van der Waals surface area contributed by atoms with Crippen LogP contribution in [0.5, 0.6) is 5.75 Å². The third-order valence-corrected chi connectivity index (χ3v) is 10.9. The van der Waals surface area contributed by atoms with Crippen LogP contribution in [0.2, 0.25) is 0 Å². The number of hydrogen-bond acceptors (Lipinski definition) is 13. The molecule has 252 valence electrons. The SMILES string of the molecule is CN[C@H]1[C@@H](O[C@@H]2c3cc4c(cc3[C@H]3[C@H]2OC(=O)[C@@]32C(=O)C=Cc3c(C)cc(OC)cc32)[C@@](O)([C@@H]2COC(=O)O2)C=C4)O[C@H](C)[C@@H](O)[C@@H]1O. The number of aliphatic hydroxyl groups is 3. The van der Waals surface area contributed by atoms with Crippen LogP contribution < -0.4 is 10.1 Å². The van der Waals surface area contributed by atoms with Gasteiger partial charge in [0.25, 0.3) is 0 Å². The molecule has 2 aromatic rings. The van der Waals surface area contributed by atoms with Gasteiger partial charge in [0, 0.05) is 0 Å². The Hall–Kier alpha value is -4.11. The Kier molecular flexibility index (Phi) is 6.95. The Morgan fingerprint density at radius 1 is 0.979 bits per heavy atom. The minimum absolute atomic E-state index is 0.175. The van der Waals surface area contributed by atoms with E-state index in [2.05, 4.69) is 5.32 Å². The second-order valence-corrected chi connectivity index (χ2v) is 13.2. The fraction of sp³-hybridized carbons (Fsp3) is 0.457. The molecule has 3 heterocycles. The summed E-state index contributed by atoms with van der Waals surface area (Å²) < 4.78 is 34.7. The lowest BCUT2D eigenvalue weighted by atomic mass is 9.62. The van der Waals surface area contributed by atoms with E-state index in [0.29, 0.717) is 39.1 Å². The van der Waals surface area contributed by atoms with Crippen LogP contribution in [-0.2, 0) is 44.3 Å². The van der Waals surface area contributed by atoms with Gasteiger partial charge in [0.2, 0.25) is 0 Å². The monoisotopic (exact) mass is 661 g/mol. The van der Waals surface area contributed by atoms with Crippen LogP contribution in [0.25, 0.3) is 12.2 Å². The number of aliphatic hydroxyl groups excluding tert-OH is 2. The molecule has 3 saturated heterocycles. The molecule has 0 aromatic heterocycles. The lowest BCUT2D eigenvalue weighted by molar-refractivity contribution is -0.281. The number of fused-ring (bicyclic) bond motifs is 7. The van der Waals surface area contributed by atoms with Crippen molar-refractivity contribution in [3.05, 3.63) is 75.4 Å². The maximum Gasteiger partial charge on any atom is 0.508 e. The summed E-state index contributed by atoms with van der Waals surface area (Å²) in [5.41, 5.74) is 0.410. The molecule has 6 aliphatic rings. The van der Waals surface area contributed by atoms with Gasteiger partial charge in [0.1, 0.15) is 42.4 Å². The van der Waals surface area contributed by atoms with Gasteiger partial charge in [-0.05, 0) is 90.2 Å². The van der Waals surface area contributed by atoms with Crippen LogP contribution in [0, 0.1) is 6.92 Å². The van der Waals surface area contributed by atoms with Gasteiger partial charge in [-0.2, -0.15) is 0 Å². The first kappa shape index (κ1) is 31.2. The Labute approximate surface area is 275 Å². The van der Waals surface area contributed by atoms with Gasteiger partial charge < -0.3 is 49.1 Å². The average Bonchev–Trinajstić information content (AvgIpc) is 3.80. The second kappa shape index (κ2) is 10.7. The second-order valence-electron chi connectivity index (χ2n) is 13.2. The Morgan fingerprint density at radius 3 is 2.48 bits per heavy atom. The molecular weight excluding hydrogens is 626 g/mol. The smallest absolute Gasteiger partial charge is 0.497 e. The van der Waals surface area contributed by atoms with E-state index in [1.165, 1.54) is 19.3 Å². The van der Waals surface area contributed by atoms with Crippen molar-refractivity contribution in [1.82, 2.24) is 5.32 Å². The minimum atomic E-state index is -1.83. The van der Waals surface area contributed by atoms with Crippen molar-refractivity contribution >= 4 is 30.1 Å². The van der Waals surface area contributed by atoms with Crippen molar-refractivity contribution in [2.24, 2.45) is 0 Å². The molecule has 13 nitrogen and oxygen atoms in total. The molecule has 0 amide bonds. The number of methoxy groups -OCH3 is 1. The van der Waals surface area contributed by atoms with Gasteiger partial charge in [-0.25, -0.2) is 4.79 Å². The quantitative estimate of drug-likeness (QED) is 0.267. The lowest BCUT2D eigenvalue weighted by Crippen LogP contribution is -2.62. The zero-order valence-corrected chi connectivity index (χ0v) is 26.5. The van der Waals surface area contributed by atoms with Crippen LogP contribution in [0.3, 0.4) is 0 Å². The molecule has 13 heteroatoms. The number of ether oxygens (including phenoxy) is 6. The van der Waals surface area contributed by atoms with E-state index in [-0.39, 0.29) is 6.61 Å². The summed E-state index contributed by atoms with van der Waals surface area (Å²) in [5, 5.41) is 36.3. The van der Waals surface area contributed by atoms with Gasteiger partial charge in [0.15, 0.2) is 23.6 Å². The fourth-order valence-electron chi connectivity index (χ4n) is 8.40. The van der Waals surface area contributed by atoms with Gasteiger partial charge >= 0.3 is 12.1 Å². The highest BCUT2D eigenvalue weighted by Crippen LogP contribution is 2.62. The lowest BCUT2D eigenvalue weighted by Gasteiger charge is -2.42. The molecule has 2 aromatic carbocycles. The molecule has 1 spiro atoms. The number of ketones is 1. The highest BCUT2D eigenvalue weighted by atomic mass is 16.8. The van der Waals surface area contributed by atoms with Gasteiger partial charge in [0.05, 0.1) is 25.2 Å². The standard InChI is InChI=1S/C35H35NO12/c1-14-9-17(43-4)11-22-18(14)5-6-23(37)35(22)25-19-12-21-16(7-8-34(21,42)24-13-44-33(41)46-24)10-20(19)29(30(25)48-32(35)40)47-31-26(36-3)28(39)27(38)15(2)45-31/h5-12,15,24-31,36,38-39,42H,13H2,1-4H3/t15-,24+,25+,26-,27-,28-,29-,30-,31-,34-,35+/m1/s1. The molecule has 0 unspecified atom stereocenters. The van der Waals surface area contributed by atoms with E-state index in [1.807, 2.05) is 13.0 Å². The molecule has 3 aliphatic carbocycles. The summed E-state index contributed by atoms with van der Waals surface area (Å²) in [7, 11) is 3.11. The van der Waals surface area contributed by atoms with Crippen molar-refractivity contribution in [2.75, 3.05) is 20.8 Å². The number of carbonyl (C=O) groups is 3. The Balaban J connectivity index is 1.32. The predicted molar refractivity (Wildman–Crippen MR) is 165 cm³/mol. The number of esters is 1. The van der Waals surface area contributed by atoms with Crippen molar-refractivity contribution in [3.8, 4) is 5.75 Å². The molecule has 11 atom stereocenters. The molecule has 0 bridgehead atoms. The fourth-order valence-corrected chi connectivity index (χ4v) is 8.40. The maximum atomic E-state index is 14.3. The summed E-state index contributed by atoms with van der Waals surface area (Å²) in [6, 6.07) is 6.17. The van der Waals surface area contributed by atoms with E-state index in [1.54, 1.807) is 44.3 Å². The van der Waals surface area contributed by atoms with Gasteiger partial charge in [-0.15, -0.1) is 0 Å². The first-order valence-electron chi connectivity index (χ1n) is 15.8. The molecule has 0 radical (unpaired) electrons. The summed E-state index contributed by atoms with van der Waals surface area (Å²) in [5.74, 6) is -1.71. The first-order chi connectivity index (χ1) is 22.9. The minimum Gasteiger partial charge on any atom is -0.497 e.